The molecule has 0 atom stereocenters. The van der Waals surface area contributed by atoms with E-state index < -0.39 is 0 Å². The van der Waals surface area contributed by atoms with Gasteiger partial charge in [0.05, 0.1) is 0 Å². The van der Waals surface area contributed by atoms with Gasteiger partial charge in [0.25, 0.3) is 0 Å². The van der Waals surface area contributed by atoms with Crippen LogP contribution in [0.3, 0.4) is 0 Å². The molecule has 0 bridgehead atoms. The Morgan fingerprint density at radius 3 is 2.75 bits per heavy atom. The molecular formula is C19H27N. The minimum atomic E-state index is 0.313. The van der Waals surface area contributed by atoms with E-state index in [1.54, 1.807) is 5.57 Å². The summed E-state index contributed by atoms with van der Waals surface area (Å²) in [6.45, 7) is 7.72. The SMILES string of the molecule is CC1=C(C=Cc2cccc(CCN)c2)C(C)(C)CCC1. The van der Waals surface area contributed by atoms with Crippen LogP contribution in [0.4, 0.5) is 0 Å². The minimum Gasteiger partial charge on any atom is -0.330 e. The molecule has 0 fully saturated rings. The Morgan fingerprint density at radius 2 is 2.05 bits per heavy atom. The van der Waals surface area contributed by atoms with Gasteiger partial charge in [-0.1, -0.05) is 55.8 Å². The predicted molar refractivity (Wildman–Crippen MR) is 88.6 cm³/mol. The van der Waals surface area contributed by atoms with Gasteiger partial charge in [0.1, 0.15) is 0 Å². The molecule has 0 heterocycles. The summed E-state index contributed by atoms with van der Waals surface area (Å²) in [6, 6.07) is 8.69. The van der Waals surface area contributed by atoms with Gasteiger partial charge < -0.3 is 5.73 Å². The van der Waals surface area contributed by atoms with Crippen molar-refractivity contribution in [1.29, 1.82) is 0 Å². The summed E-state index contributed by atoms with van der Waals surface area (Å²) in [7, 11) is 0. The van der Waals surface area contributed by atoms with Crippen LogP contribution < -0.4 is 5.73 Å². The fraction of sp³-hybridized carbons (Fsp3) is 0.474. The average molecular weight is 269 g/mol. The second-order valence-electron chi connectivity index (χ2n) is 6.55. The maximum atomic E-state index is 5.63. The molecule has 0 saturated carbocycles. The normalized spacial score (nSPS) is 18.8. The highest BCUT2D eigenvalue weighted by atomic mass is 14.5. The molecule has 20 heavy (non-hydrogen) atoms. The molecule has 2 rings (SSSR count). The lowest BCUT2D eigenvalue weighted by Gasteiger charge is -2.32. The molecule has 1 aromatic carbocycles. The molecule has 1 aromatic rings. The fourth-order valence-electron chi connectivity index (χ4n) is 3.21. The predicted octanol–water partition coefficient (Wildman–Crippen LogP) is 4.73. The Bertz CT molecular complexity index is 520. The Labute approximate surface area is 123 Å². The van der Waals surface area contributed by atoms with Crippen molar-refractivity contribution in [3.05, 3.63) is 52.6 Å². The highest BCUT2D eigenvalue weighted by molar-refractivity contribution is 5.55. The van der Waals surface area contributed by atoms with Gasteiger partial charge >= 0.3 is 0 Å². The van der Waals surface area contributed by atoms with E-state index in [0.29, 0.717) is 12.0 Å². The van der Waals surface area contributed by atoms with E-state index >= 15 is 0 Å². The van der Waals surface area contributed by atoms with Crippen molar-refractivity contribution in [3.63, 3.8) is 0 Å². The standard InChI is InChI=1S/C19H27N/c1-15-6-5-12-19(2,3)18(15)10-9-16-7-4-8-17(14-16)11-13-20/h4,7-10,14H,5-6,11-13,20H2,1-3H3. The molecule has 108 valence electrons. The number of benzene rings is 1. The Kier molecular flexibility index (Phi) is 4.82. The molecule has 1 aliphatic carbocycles. The summed E-state index contributed by atoms with van der Waals surface area (Å²) in [5.74, 6) is 0. The van der Waals surface area contributed by atoms with Crippen LogP contribution in [0, 0.1) is 5.41 Å². The summed E-state index contributed by atoms with van der Waals surface area (Å²) in [4.78, 5) is 0. The molecule has 0 aromatic heterocycles. The van der Waals surface area contributed by atoms with Crippen LogP contribution in [0.5, 0.6) is 0 Å². The molecule has 1 heteroatoms. The summed E-state index contributed by atoms with van der Waals surface area (Å²) in [6.07, 6.45) is 9.40. The third-order valence-corrected chi connectivity index (χ3v) is 4.37. The fourth-order valence-corrected chi connectivity index (χ4v) is 3.21. The lowest BCUT2D eigenvalue weighted by Crippen LogP contribution is -2.18. The quantitative estimate of drug-likeness (QED) is 0.840. The highest BCUT2D eigenvalue weighted by Crippen LogP contribution is 2.40. The summed E-state index contributed by atoms with van der Waals surface area (Å²) in [5, 5.41) is 0. The first-order valence-electron chi connectivity index (χ1n) is 7.70. The van der Waals surface area contributed by atoms with Gasteiger partial charge in [-0.15, -0.1) is 0 Å². The van der Waals surface area contributed by atoms with Crippen LogP contribution in [0.1, 0.15) is 51.2 Å². The molecule has 0 radical (unpaired) electrons. The monoisotopic (exact) mass is 269 g/mol. The van der Waals surface area contributed by atoms with Crippen LogP contribution in [0.15, 0.2) is 41.5 Å². The smallest absolute Gasteiger partial charge is 0.00367 e. The van der Waals surface area contributed by atoms with Gasteiger partial charge in [0.15, 0.2) is 0 Å². The van der Waals surface area contributed by atoms with E-state index in [-0.39, 0.29) is 0 Å². The lowest BCUT2D eigenvalue weighted by molar-refractivity contribution is 0.377. The van der Waals surface area contributed by atoms with Gasteiger partial charge in [-0.25, -0.2) is 0 Å². The molecule has 0 aliphatic heterocycles. The van der Waals surface area contributed by atoms with Gasteiger partial charge in [-0.3, -0.25) is 0 Å². The van der Waals surface area contributed by atoms with E-state index in [2.05, 4.69) is 57.2 Å². The maximum Gasteiger partial charge on any atom is -0.00367 e. The third kappa shape index (κ3) is 3.61. The van der Waals surface area contributed by atoms with E-state index in [0.717, 1.165) is 6.42 Å². The molecule has 0 unspecified atom stereocenters. The van der Waals surface area contributed by atoms with Crippen LogP contribution in [-0.4, -0.2) is 6.54 Å². The molecule has 0 amide bonds. The van der Waals surface area contributed by atoms with Crippen molar-refractivity contribution in [1.82, 2.24) is 0 Å². The average Bonchev–Trinajstić information content (AvgIpc) is 2.38. The van der Waals surface area contributed by atoms with Crippen LogP contribution in [0.25, 0.3) is 6.08 Å². The summed E-state index contributed by atoms with van der Waals surface area (Å²) in [5.41, 5.74) is 11.6. The number of allylic oxidation sites excluding steroid dienone is 3. The third-order valence-electron chi connectivity index (χ3n) is 4.37. The molecule has 0 saturated heterocycles. The van der Waals surface area contributed by atoms with E-state index in [1.807, 2.05) is 0 Å². The Balaban J connectivity index is 2.22. The first-order valence-corrected chi connectivity index (χ1v) is 7.70. The molecule has 0 spiro atoms. The zero-order valence-corrected chi connectivity index (χ0v) is 13.1. The van der Waals surface area contributed by atoms with Crippen molar-refractivity contribution >= 4 is 6.08 Å². The molecule has 1 aliphatic rings. The number of hydrogen-bond acceptors (Lipinski definition) is 1. The topological polar surface area (TPSA) is 26.0 Å². The van der Waals surface area contributed by atoms with Gasteiger partial charge in [0, 0.05) is 0 Å². The lowest BCUT2D eigenvalue weighted by atomic mass is 9.72. The second kappa shape index (κ2) is 6.41. The number of hydrogen-bond donors (Lipinski definition) is 1. The molecule has 1 nitrogen and oxygen atoms in total. The Hall–Kier alpha value is -1.34. The van der Waals surface area contributed by atoms with Gasteiger partial charge in [-0.2, -0.15) is 0 Å². The van der Waals surface area contributed by atoms with Crippen LogP contribution in [0.2, 0.25) is 0 Å². The van der Waals surface area contributed by atoms with Crippen molar-refractivity contribution in [2.45, 2.75) is 46.5 Å². The zero-order valence-electron chi connectivity index (χ0n) is 13.1. The largest absolute Gasteiger partial charge is 0.330 e. The molecular weight excluding hydrogens is 242 g/mol. The second-order valence-corrected chi connectivity index (χ2v) is 6.55. The zero-order chi connectivity index (χ0) is 14.6. The van der Waals surface area contributed by atoms with Crippen molar-refractivity contribution in [2.75, 3.05) is 6.54 Å². The van der Waals surface area contributed by atoms with E-state index in [9.17, 15) is 0 Å². The van der Waals surface area contributed by atoms with Crippen molar-refractivity contribution < 1.29 is 0 Å². The first-order chi connectivity index (χ1) is 9.53. The van der Waals surface area contributed by atoms with E-state index in [1.165, 1.54) is 36.0 Å². The highest BCUT2D eigenvalue weighted by Gasteiger charge is 2.26. The maximum absolute atomic E-state index is 5.63. The number of nitrogens with two attached hydrogens (primary N) is 1. The molecule has 2 N–H and O–H groups in total. The number of rotatable bonds is 4. The summed E-state index contributed by atoms with van der Waals surface area (Å²) >= 11 is 0. The first kappa shape index (κ1) is 15.1. The van der Waals surface area contributed by atoms with Gasteiger partial charge in [0.2, 0.25) is 0 Å². The van der Waals surface area contributed by atoms with Crippen LogP contribution >= 0.6 is 0 Å². The minimum absolute atomic E-state index is 0.313. The summed E-state index contributed by atoms with van der Waals surface area (Å²) < 4.78 is 0. The van der Waals surface area contributed by atoms with Crippen molar-refractivity contribution in [2.24, 2.45) is 11.1 Å². The van der Waals surface area contributed by atoms with E-state index in [4.69, 9.17) is 5.73 Å². The Morgan fingerprint density at radius 1 is 1.25 bits per heavy atom. The van der Waals surface area contributed by atoms with Crippen LogP contribution in [-0.2, 0) is 6.42 Å². The van der Waals surface area contributed by atoms with Gasteiger partial charge in [-0.05, 0) is 61.3 Å². The van der Waals surface area contributed by atoms with Crippen molar-refractivity contribution in [3.8, 4) is 0 Å².